The maximum Gasteiger partial charge on any atom is 0.416 e. The van der Waals surface area contributed by atoms with Gasteiger partial charge in [-0.3, -0.25) is 4.79 Å². The predicted molar refractivity (Wildman–Crippen MR) is 84.4 cm³/mol. The zero-order chi connectivity index (χ0) is 16.8. The predicted octanol–water partition coefficient (Wildman–Crippen LogP) is 4.53. The molecule has 0 amide bonds. The Bertz CT molecular complexity index is 937. The number of fused-ring (bicyclic) bond motifs is 1. The molecule has 3 rings (SSSR count). The molecule has 118 valence electrons. The molecule has 2 nitrogen and oxygen atoms in total. The fourth-order valence-corrected chi connectivity index (χ4v) is 2.77. The molecule has 0 saturated heterocycles. The SMILES string of the molecule is Cc1c(-c2ccc(C(F)(F)F)cc2)c2ccccc2c(=O)n1C. The molecule has 2 aromatic carbocycles. The summed E-state index contributed by atoms with van der Waals surface area (Å²) in [5, 5.41) is 1.29. The fraction of sp³-hybridized carbons (Fsp3) is 0.167. The summed E-state index contributed by atoms with van der Waals surface area (Å²) in [5.41, 5.74) is 1.34. The van der Waals surface area contributed by atoms with Crippen molar-refractivity contribution in [2.45, 2.75) is 13.1 Å². The van der Waals surface area contributed by atoms with Crippen LogP contribution in [0.3, 0.4) is 0 Å². The summed E-state index contributed by atoms with van der Waals surface area (Å²) >= 11 is 0. The molecule has 0 radical (unpaired) electrons. The first-order chi connectivity index (χ1) is 10.8. The van der Waals surface area contributed by atoms with Crippen molar-refractivity contribution in [2.24, 2.45) is 7.05 Å². The standard InChI is InChI=1S/C18H14F3NO/c1-11-16(12-7-9-13(10-8-12)18(19,20)21)14-5-3-4-6-15(14)17(23)22(11)2/h3-10H,1-2H3. The number of hydrogen-bond donors (Lipinski definition) is 0. The lowest BCUT2D eigenvalue weighted by Gasteiger charge is -2.15. The second-order valence-corrected chi connectivity index (χ2v) is 5.45. The van der Waals surface area contributed by atoms with Crippen molar-refractivity contribution < 1.29 is 13.2 Å². The number of benzene rings is 2. The molecule has 0 N–H and O–H groups in total. The Labute approximate surface area is 130 Å². The summed E-state index contributed by atoms with van der Waals surface area (Å²) in [6.07, 6.45) is -4.36. The monoisotopic (exact) mass is 317 g/mol. The molecule has 0 aliphatic carbocycles. The first kappa shape index (κ1) is 15.3. The van der Waals surface area contributed by atoms with Gasteiger partial charge in [-0.05, 0) is 36.1 Å². The number of nitrogens with zero attached hydrogens (tertiary/aromatic N) is 1. The Kier molecular flexibility index (Phi) is 3.51. The highest BCUT2D eigenvalue weighted by atomic mass is 19.4. The third kappa shape index (κ3) is 2.52. The smallest absolute Gasteiger partial charge is 0.315 e. The van der Waals surface area contributed by atoms with E-state index in [1.54, 1.807) is 26.1 Å². The zero-order valence-electron chi connectivity index (χ0n) is 12.6. The van der Waals surface area contributed by atoms with Gasteiger partial charge >= 0.3 is 6.18 Å². The van der Waals surface area contributed by atoms with E-state index in [4.69, 9.17) is 0 Å². The zero-order valence-corrected chi connectivity index (χ0v) is 12.6. The lowest BCUT2D eigenvalue weighted by atomic mass is 9.96. The molecular formula is C18H14F3NO. The summed E-state index contributed by atoms with van der Waals surface area (Å²) in [6, 6.07) is 12.2. The van der Waals surface area contributed by atoms with Gasteiger partial charge < -0.3 is 4.57 Å². The first-order valence-electron chi connectivity index (χ1n) is 7.06. The average Bonchev–Trinajstić information content (AvgIpc) is 2.53. The van der Waals surface area contributed by atoms with Crippen molar-refractivity contribution in [3.05, 3.63) is 70.1 Å². The minimum absolute atomic E-state index is 0.117. The molecule has 3 aromatic rings. The van der Waals surface area contributed by atoms with Gasteiger partial charge in [-0.25, -0.2) is 0 Å². The minimum atomic E-state index is -4.36. The molecule has 0 saturated carbocycles. The Morgan fingerprint density at radius 1 is 0.913 bits per heavy atom. The molecule has 5 heteroatoms. The topological polar surface area (TPSA) is 22.0 Å². The third-order valence-electron chi connectivity index (χ3n) is 4.10. The van der Waals surface area contributed by atoms with Crippen LogP contribution in [0.2, 0.25) is 0 Å². The van der Waals surface area contributed by atoms with Crippen LogP contribution in [0.1, 0.15) is 11.3 Å². The van der Waals surface area contributed by atoms with E-state index in [1.165, 1.54) is 16.7 Å². The summed E-state index contributed by atoms with van der Waals surface area (Å²) < 4.78 is 39.7. The van der Waals surface area contributed by atoms with Gasteiger partial charge in [0.1, 0.15) is 0 Å². The van der Waals surface area contributed by atoms with Crippen LogP contribution in [-0.4, -0.2) is 4.57 Å². The van der Waals surface area contributed by atoms with E-state index in [0.29, 0.717) is 16.6 Å². The van der Waals surface area contributed by atoms with E-state index in [0.717, 1.165) is 23.1 Å². The van der Waals surface area contributed by atoms with Crippen LogP contribution < -0.4 is 5.56 Å². The highest BCUT2D eigenvalue weighted by molar-refractivity contribution is 5.97. The number of alkyl halides is 3. The summed E-state index contributed by atoms with van der Waals surface area (Å²) in [5.74, 6) is 0. The number of pyridine rings is 1. The molecule has 1 heterocycles. The van der Waals surface area contributed by atoms with Crippen molar-refractivity contribution in [1.82, 2.24) is 4.57 Å². The minimum Gasteiger partial charge on any atom is -0.315 e. The normalized spacial score (nSPS) is 11.9. The number of hydrogen-bond acceptors (Lipinski definition) is 1. The molecular weight excluding hydrogens is 303 g/mol. The van der Waals surface area contributed by atoms with Crippen LogP contribution in [0.5, 0.6) is 0 Å². The van der Waals surface area contributed by atoms with E-state index in [1.807, 2.05) is 12.1 Å². The quantitative estimate of drug-likeness (QED) is 0.646. The molecule has 1 aromatic heterocycles. The third-order valence-corrected chi connectivity index (χ3v) is 4.10. The van der Waals surface area contributed by atoms with Crippen molar-refractivity contribution in [1.29, 1.82) is 0 Å². The van der Waals surface area contributed by atoms with Gasteiger partial charge in [-0.2, -0.15) is 13.2 Å². The Morgan fingerprint density at radius 2 is 1.48 bits per heavy atom. The fourth-order valence-electron chi connectivity index (χ4n) is 2.77. The van der Waals surface area contributed by atoms with Crippen LogP contribution in [0, 0.1) is 6.92 Å². The van der Waals surface area contributed by atoms with Gasteiger partial charge in [0.2, 0.25) is 0 Å². The van der Waals surface area contributed by atoms with Gasteiger partial charge in [0, 0.05) is 23.7 Å². The first-order valence-corrected chi connectivity index (χ1v) is 7.06. The highest BCUT2D eigenvalue weighted by Crippen LogP contribution is 2.34. The van der Waals surface area contributed by atoms with Crippen molar-refractivity contribution in [2.75, 3.05) is 0 Å². The van der Waals surface area contributed by atoms with E-state index in [9.17, 15) is 18.0 Å². The van der Waals surface area contributed by atoms with Gasteiger partial charge in [0.25, 0.3) is 5.56 Å². The molecule has 0 aliphatic rings. The van der Waals surface area contributed by atoms with E-state index in [-0.39, 0.29) is 5.56 Å². The number of aromatic nitrogens is 1. The number of rotatable bonds is 1. The second-order valence-electron chi connectivity index (χ2n) is 5.45. The molecule has 23 heavy (non-hydrogen) atoms. The maximum atomic E-state index is 12.7. The van der Waals surface area contributed by atoms with Crippen LogP contribution in [0.4, 0.5) is 13.2 Å². The molecule has 0 unspecified atom stereocenters. The average molecular weight is 317 g/mol. The molecule has 0 bridgehead atoms. The van der Waals surface area contributed by atoms with Crippen molar-refractivity contribution in [3.8, 4) is 11.1 Å². The van der Waals surface area contributed by atoms with Gasteiger partial charge in [-0.1, -0.05) is 30.3 Å². The van der Waals surface area contributed by atoms with Crippen LogP contribution in [-0.2, 0) is 13.2 Å². The largest absolute Gasteiger partial charge is 0.416 e. The van der Waals surface area contributed by atoms with Crippen molar-refractivity contribution >= 4 is 10.8 Å². The van der Waals surface area contributed by atoms with E-state index < -0.39 is 11.7 Å². The van der Waals surface area contributed by atoms with E-state index in [2.05, 4.69) is 0 Å². The molecule has 0 fully saturated rings. The van der Waals surface area contributed by atoms with Crippen LogP contribution in [0.15, 0.2) is 53.3 Å². The Hall–Kier alpha value is -2.56. The van der Waals surface area contributed by atoms with Crippen LogP contribution in [0.25, 0.3) is 21.9 Å². The lowest BCUT2D eigenvalue weighted by molar-refractivity contribution is -0.137. The Morgan fingerprint density at radius 3 is 2.04 bits per heavy atom. The molecule has 0 atom stereocenters. The highest BCUT2D eigenvalue weighted by Gasteiger charge is 2.30. The van der Waals surface area contributed by atoms with Crippen molar-refractivity contribution in [3.63, 3.8) is 0 Å². The lowest BCUT2D eigenvalue weighted by Crippen LogP contribution is -2.20. The molecule has 0 spiro atoms. The summed E-state index contributed by atoms with van der Waals surface area (Å²) in [6.45, 7) is 1.79. The van der Waals surface area contributed by atoms with Gasteiger partial charge in [0.15, 0.2) is 0 Å². The van der Waals surface area contributed by atoms with E-state index >= 15 is 0 Å². The summed E-state index contributed by atoms with van der Waals surface area (Å²) in [7, 11) is 1.66. The Balaban J connectivity index is 2.30. The summed E-state index contributed by atoms with van der Waals surface area (Å²) in [4.78, 5) is 12.3. The number of halogens is 3. The van der Waals surface area contributed by atoms with Crippen LogP contribution >= 0.6 is 0 Å². The maximum absolute atomic E-state index is 12.7. The van der Waals surface area contributed by atoms with Gasteiger partial charge in [-0.15, -0.1) is 0 Å². The van der Waals surface area contributed by atoms with Gasteiger partial charge in [0.05, 0.1) is 5.56 Å². The second kappa shape index (κ2) is 5.26. The molecule has 0 aliphatic heterocycles.